The summed E-state index contributed by atoms with van der Waals surface area (Å²) in [7, 11) is 0. The molecule has 0 saturated heterocycles. The van der Waals surface area contributed by atoms with Crippen molar-refractivity contribution in [1.29, 1.82) is 0 Å². The zero-order valence-electron chi connectivity index (χ0n) is 14.5. The molecule has 0 aliphatic rings. The maximum absolute atomic E-state index is 11.1. The van der Waals surface area contributed by atoms with Crippen LogP contribution in [-0.4, -0.2) is 12.4 Å². The van der Waals surface area contributed by atoms with E-state index in [4.69, 9.17) is 0 Å². The third kappa shape index (κ3) is 9.38. The van der Waals surface area contributed by atoms with Gasteiger partial charge in [0.25, 0.3) is 0 Å². The molecule has 0 heterocycles. The molecule has 124 valence electrons. The van der Waals surface area contributed by atoms with E-state index in [1.807, 2.05) is 26.0 Å². The van der Waals surface area contributed by atoms with Crippen molar-refractivity contribution in [3.05, 3.63) is 72.8 Å². The molecule has 0 aliphatic heterocycles. The molecule has 0 N–H and O–H groups in total. The number of hydrogen-bond donors (Lipinski definition) is 0. The van der Waals surface area contributed by atoms with Gasteiger partial charge in [0.15, 0.2) is 0 Å². The first-order valence-corrected chi connectivity index (χ1v) is 7.51. The Morgan fingerprint density at radius 1 is 0.680 bits per heavy atom. The van der Waals surface area contributed by atoms with Gasteiger partial charge in [-0.1, -0.05) is 60.0 Å². The first-order valence-electron chi connectivity index (χ1n) is 7.51. The molecule has 0 atom stereocenters. The number of allylic oxidation sites excluding steroid dienone is 4. The molecular weight excluding hydrogens is 366 g/mol. The van der Waals surface area contributed by atoms with Gasteiger partial charge in [0.1, 0.15) is 0 Å². The smallest absolute Gasteiger partial charge is 0.871 e. The second kappa shape index (κ2) is 13.9. The van der Waals surface area contributed by atoms with Crippen LogP contribution >= 0.6 is 0 Å². The van der Waals surface area contributed by atoms with Crippen LogP contribution in [0.4, 0.5) is 11.4 Å². The molecule has 4 nitrogen and oxygen atoms in total. The Balaban J connectivity index is 0.000000443. The standard InChI is InChI=1S/2C10H11NO.Zn/c2*1-2-3-8-11-9-6-4-5-7-10(9)12;/h2*2-8,12H,1H3;/q;;+2/p-2/b2*3-2+,11-8?;. The number of para-hydroxylation sites is 4. The summed E-state index contributed by atoms with van der Waals surface area (Å²) in [5.41, 5.74) is 0.964. The Kier molecular flexibility index (Phi) is 12.5. The van der Waals surface area contributed by atoms with Crippen molar-refractivity contribution in [1.82, 2.24) is 0 Å². The van der Waals surface area contributed by atoms with Gasteiger partial charge >= 0.3 is 19.5 Å². The third-order valence-electron chi connectivity index (χ3n) is 2.71. The maximum atomic E-state index is 11.1. The Bertz CT molecular complexity index is 674. The Hall–Kier alpha value is -2.52. The summed E-state index contributed by atoms with van der Waals surface area (Å²) in [5.74, 6) is -0.0866. The summed E-state index contributed by atoms with van der Waals surface area (Å²) in [5, 5.41) is 22.2. The van der Waals surface area contributed by atoms with E-state index in [9.17, 15) is 10.2 Å². The predicted molar refractivity (Wildman–Crippen MR) is 97.7 cm³/mol. The normalized spacial score (nSPS) is 11.0. The van der Waals surface area contributed by atoms with Gasteiger partial charge in [-0.2, -0.15) is 0 Å². The molecule has 5 heteroatoms. The fourth-order valence-corrected chi connectivity index (χ4v) is 1.55. The SMILES string of the molecule is C/C=C/C=Nc1ccccc1[O-].C/C=C/C=Nc1ccccc1[O-].[Zn+2]. The van der Waals surface area contributed by atoms with Gasteiger partial charge in [0.2, 0.25) is 0 Å². The van der Waals surface area contributed by atoms with Crippen LogP contribution in [0.15, 0.2) is 82.8 Å². The van der Waals surface area contributed by atoms with Crippen LogP contribution in [0.25, 0.3) is 0 Å². The minimum absolute atomic E-state index is 0. The molecule has 0 unspecified atom stereocenters. The molecular formula is C20H20N2O2Zn. The average Bonchev–Trinajstić information content (AvgIpc) is 2.59. The van der Waals surface area contributed by atoms with Crippen LogP contribution in [0.3, 0.4) is 0 Å². The minimum atomic E-state index is -0.0433. The number of nitrogens with zero attached hydrogens (tertiary/aromatic N) is 2. The van der Waals surface area contributed by atoms with Crippen molar-refractivity contribution >= 4 is 23.8 Å². The van der Waals surface area contributed by atoms with Crippen LogP contribution in [0.1, 0.15) is 13.8 Å². The summed E-state index contributed by atoms with van der Waals surface area (Å²) in [6.07, 6.45) is 10.5. The molecule has 0 fully saturated rings. The number of benzene rings is 2. The molecule has 0 saturated carbocycles. The van der Waals surface area contributed by atoms with Crippen molar-refractivity contribution in [2.24, 2.45) is 9.98 Å². The molecule has 0 aliphatic carbocycles. The molecule has 0 spiro atoms. The monoisotopic (exact) mass is 384 g/mol. The molecule has 0 amide bonds. The van der Waals surface area contributed by atoms with Gasteiger partial charge in [-0.15, -0.1) is 0 Å². The Morgan fingerprint density at radius 3 is 1.36 bits per heavy atom. The largest absolute Gasteiger partial charge is 2.00 e. The van der Waals surface area contributed by atoms with Gasteiger partial charge in [-0.05, 0) is 38.1 Å². The van der Waals surface area contributed by atoms with Gasteiger partial charge in [0.05, 0.1) is 11.4 Å². The summed E-state index contributed by atoms with van der Waals surface area (Å²) in [6.45, 7) is 3.80. The van der Waals surface area contributed by atoms with E-state index in [-0.39, 0.29) is 31.0 Å². The van der Waals surface area contributed by atoms with Crippen LogP contribution in [0.5, 0.6) is 11.5 Å². The van der Waals surface area contributed by atoms with Gasteiger partial charge in [-0.25, -0.2) is 0 Å². The number of aliphatic imine (C=N–C) groups is 2. The minimum Gasteiger partial charge on any atom is -0.871 e. The van der Waals surface area contributed by atoms with E-state index in [2.05, 4.69) is 9.98 Å². The molecule has 0 aromatic heterocycles. The molecule has 2 rings (SSSR count). The van der Waals surface area contributed by atoms with E-state index in [0.29, 0.717) is 11.4 Å². The topological polar surface area (TPSA) is 70.8 Å². The summed E-state index contributed by atoms with van der Waals surface area (Å²) in [6, 6.07) is 13.4. The van der Waals surface area contributed by atoms with Crippen LogP contribution < -0.4 is 10.2 Å². The van der Waals surface area contributed by atoms with Gasteiger partial charge in [-0.3, -0.25) is 9.98 Å². The first kappa shape index (κ1) is 22.5. The van der Waals surface area contributed by atoms with E-state index in [0.717, 1.165) is 0 Å². The van der Waals surface area contributed by atoms with E-state index in [1.54, 1.807) is 61.0 Å². The maximum Gasteiger partial charge on any atom is 2.00 e. The van der Waals surface area contributed by atoms with E-state index in [1.165, 1.54) is 12.1 Å². The summed E-state index contributed by atoms with van der Waals surface area (Å²) in [4.78, 5) is 7.94. The van der Waals surface area contributed by atoms with Gasteiger partial charge < -0.3 is 10.2 Å². The van der Waals surface area contributed by atoms with Crippen molar-refractivity contribution in [3.8, 4) is 11.5 Å². The van der Waals surface area contributed by atoms with Crippen LogP contribution in [0, 0.1) is 0 Å². The van der Waals surface area contributed by atoms with Crippen molar-refractivity contribution in [2.45, 2.75) is 13.8 Å². The quantitative estimate of drug-likeness (QED) is 0.587. The number of hydrogen-bond acceptors (Lipinski definition) is 4. The first-order chi connectivity index (χ1) is 11.7. The fourth-order valence-electron chi connectivity index (χ4n) is 1.55. The number of rotatable bonds is 4. The van der Waals surface area contributed by atoms with Crippen LogP contribution in [0.2, 0.25) is 0 Å². The molecule has 25 heavy (non-hydrogen) atoms. The van der Waals surface area contributed by atoms with Crippen molar-refractivity contribution in [2.75, 3.05) is 0 Å². The van der Waals surface area contributed by atoms with E-state index >= 15 is 0 Å². The van der Waals surface area contributed by atoms with Crippen molar-refractivity contribution in [3.63, 3.8) is 0 Å². The molecule has 0 bridgehead atoms. The molecule has 0 radical (unpaired) electrons. The molecule has 2 aromatic carbocycles. The van der Waals surface area contributed by atoms with Crippen molar-refractivity contribution < 1.29 is 29.7 Å². The third-order valence-corrected chi connectivity index (χ3v) is 2.71. The fraction of sp³-hybridized carbons (Fsp3) is 0.100. The zero-order valence-corrected chi connectivity index (χ0v) is 17.5. The Morgan fingerprint density at radius 2 is 1.04 bits per heavy atom. The second-order valence-electron chi connectivity index (χ2n) is 4.54. The summed E-state index contributed by atoms with van der Waals surface area (Å²) < 4.78 is 0. The summed E-state index contributed by atoms with van der Waals surface area (Å²) >= 11 is 0. The zero-order chi connectivity index (χ0) is 17.6. The predicted octanol–water partition coefficient (Wildman–Crippen LogP) is 4.07. The Labute approximate surface area is 161 Å². The van der Waals surface area contributed by atoms with E-state index < -0.39 is 0 Å². The molecule has 2 aromatic rings. The van der Waals surface area contributed by atoms with Gasteiger partial charge in [0, 0.05) is 12.4 Å². The van der Waals surface area contributed by atoms with Crippen LogP contribution in [-0.2, 0) is 19.5 Å². The average molecular weight is 386 g/mol. The second-order valence-corrected chi connectivity index (χ2v) is 4.54.